The number of nitrogens with zero attached hydrogens (tertiary/aromatic N) is 3. The first kappa shape index (κ1) is 16.9. The van der Waals surface area contributed by atoms with Gasteiger partial charge in [0.1, 0.15) is 12.0 Å². The van der Waals surface area contributed by atoms with E-state index in [4.69, 9.17) is 9.47 Å². The predicted octanol–water partition coefficient (Wildman–Crippen LogP) is 3.08. The summed E-state index contributed by atoms with van der Waals surface area (Å²) in [4.78, 5) is 15.7. The molecule has 0 saturated heterocycles. The van der Waals surface area contributed by atoms with Crippen molar-refractivity contribution >= 4 is 6.29 Å². The van der Waals surface area contributed by atoms with Gasteiger partial charge in [-0.1, -0.05) is 18.2 Å². The SMILES string of the molecule is COCCn1nc(-c2ccc(OC)cc2)nc1-c1cccc(C=O)c1. The maximum atomic E-state index is 11.1. The molecule has 1 aromatic heterocycles. The van der Waals surface area contributed by atoms with Crippen molar-refractivity contribution in [3.05, 3.63) is 54.1 Å². The number of carbonyl (C=O) groups excluding carboxylic acids is 1. The smallest absolute Gasteiger partial charge is 0.181 e. The molecular formula is C19H19N3O3. The third-order valence-electron chi connectivity index (χ3n) is 3.81. The van der Waals surface area contributed by atoms with Gasteiger partial charge in [-0.05, 0) is 30.3 Å². The minimum absolute atomic E-state index is 0.520. The van der Waals surface area contributed by atoms with Crippen molar-refractivity contribution < 1.29 is 14.3 Å². The summed E-state index contributed by atoms with van der Waals surface area (Å²) in [7, 11) is 3.28. The molecule has 0 spiro atoms. The van der Waals surface area contributed by atoms with E-state index in [9.17, 15) is 4.79 Å². The van der Waals surface area contributed by atoms with Gasteiger partial charge in [-0.25, -0.2) is 9.67 Å². The molecule has 0 fully saturated rings. The second kappa shape index (κ2) is 7.72. The topological polar surface area (TPSA) is 66.2 Å². The van der Waals surface area contributed by atoms with Gasteiger partial charge in [0.05, 0.1) is 20.3 Å². The monoisotopic (exact) mass is 337 g/mol. The first-order valence-corrected chi connectivity index (χ1v) is 7.89. The summed E-state index contributed by atoms with van der Waals surface area (Å²) in [5, 5.41) is 4.60. The maximum absolute atomic E-state index is 11.1. The van der Waals surface area contributed by atoms with Gasteiger partial charge in [-0.2, -0.15) is 5.10 Å². The molecule has 0 saturated carbocycles. The number of hydrogen-bond acceptors (Lipinski definition) is 5. The summed E-state index contributed by atoms with van der Waals surface area (Å²) in [6.45, 7) is 1.09. The lowest BCUT2D eigenvalue weighted by Gasteiger charge is -2.05. The zero-order valence-corrected chi connectivity index (χ0v) is 14.2. The average Bonchev–Trinajstić information content (AvgIpc) is 3.10. The molecule has 128 valence electrons. The summed E-state index contributed by atoms with van der Waals surface area (Å²) >= 11 is 0. The van der Waals surface area contributed by atoms with Crippen molar-refractivity contribution in [1.82, 2.24) is 14.8 Å². The zero-order valence-electron chi connectivity index (χ0n) is 14.2. The fourth-order valence-corrected chi connectivity index (χ4v) is 2.50. The van der Waals surface area contributed by atoms with Crippen molar-refractivity contribution in [2.45, 2.75) is 6.54 Å². The number of benzene rings is 2. The van der Waals surface area contributed by atoms with Gasteiger partial charge in [0.2, 0.25) is 0 Å². The van der Waals surface area contributed by atoms with E-state index in [1.54, 1.807) is 31.0 Å². The van der Waals surface area contributed by atoms with Crippen LogP contribution in [0, 0.1) is 0 Å². The van der Waals surface area contributed by atoms with Gasteiger partial charge in [0, 0.05) is 23.8 Å². The molecule has 0 bridgehead atoms. The van der Waals surface area contributed by atoms with E-state index in [1.807, 2.05) is 36.4 Å². The van der Waals surface area contributed by atoms with Gasteiger partial charge in [-0.15, -0.1) is 0 Å². The summed E-state index contributed by atoms with van der Waals surface area (Å²) in [5.41, 5.74) is 2.34. The first-order valence-electron chi connectivity index (χ1n) is 7.89. The van der Waals surface area contributed by atoms with Crippen LogP contribution in [-0.2, 0) is 11.3 Å². The maximum Gasteiger partial charge on any atom is 0.181 e. The quantitative estimate of drug-likeness (QED) is 0.620. The van der Waals surface area contributed by atoms with E-state index in [0.29, 0.717) is 30.4 Å². The van der Waals surface area contributed by atoms with E-state index in [0.717, 1.165) is 23.2 Å². The third-order valence-corrected chi connectivity index (χ3v) is 3.81. The van der Waals surface area contributed by atoms with Crippen LogP contribution in [0.5, 0.6) is 5.75 Å². The molecule has 25 heavy (non-hydrogen) atoms. The predicted molar refractivity (Wildman–Crippen MR) is 94.7 cm³/mol. The standard InChI is InChI=1S/C19H19N3O3/c1-24-11-10-22-19(16-5-3-4-14(12-16)13-23)20-18(21-22)15-6-8-17(25-2)9-7-15/h3-9,12-13H,10-11H2,1-2H3. The third kappa shape index (κ3) is 3.75. The van der Waals surface area contributed by atoms with Gasteiger partial charge in [0.15, 0.2) is 11.6 Å². The van der Waals surface area contributed by atoms with Crippen LogP contribution in [0.25, 0.3) is 22.8 Å². The van der Waals surface area contributed by atoms with Gasteiger partial charge < -0.3 is 9.47 Å². The van der Waals surface area contributed by atoms with Crippen LogP contribution >= 0.6 is 0 Å². The van der Waals surface area contributed by atoms with Crippen LogP contribution in [0.2, 0.25) is 0 Å². The lowest BCUT2D eigenvalue weighted by molar-refractivity contribution is 0.112. The normalized spacial score (nSPS) is 10.6. The van der Waals surface area contributed by atoms with E-state index >= 15 is 0 Å². The molecule has 0 aliphatic heterocycles. The summed E-state index contributed by atoms with van der Waals surface area (Å²) in [6, 6.07) is 14.9. The molecule has 2 aromatic carbocycles. The minimum Gasteiger partial charge on any atom is -0.497 e. The molecule has 6 heteroatoms. The number of rotatable bonds is 7. The second-order valence-electron chi connectivity index (χ2n) is 5.45. The number of hydrogen-bond donors (Lipinski definition) is 0. The molecule has 0 aliphatic rings. The Kier molecular flexibility index (Phi) is 5.20. The van der Waals surface area contributed by atoms with Crippen LogP contribution in [0.4, 0.5) is 0 Å². The Labute approximate surface area is 146 Å². The van der Waals surface area contributed by atoms with E-state index in [1.165, 1.54) is 0 Å². The van der Waals surface area contributed by atoms with Crippen LogP contribution < -0.4 is 4.74 Å². The van der Waals surface area contributed by atoms with Crippen molar-refractivity contribution in [3.63, 3.8) is 0 Å². The second-order valence-corrected chi connectivity index (χ2v) is 5.45. The Morgan fingerprint density at radius 3 is 2.56 bits per heavy atom. The first-order chi connectivity index (χ1) is 12.2. The summed E-state index contributed by atoms with van der Waals surface area (Å²) in [5.74, 6) is 2.10. The molecule has 0 unspecified atom stereocenters. The fourth-order valence-electron chi connectivity index (χ4n) is 2.50. The van der Waals surface area contributed by atoms with Crippen LogP contribution in [0.15, 0.2) is 48.5 Å². The Morgan fingerprint density at radius 1 is 1.08 bits per heavy atom. The Balaban J connectivity index is 2.03. The molecule has 0 aliphatic carbocycles. The fraction of sp³-hybridized carbons (Fsp3) is 0.211. The number of ether oxygens (including phenoxy) is 2. The largest absolute Gasteiger partial charge is 0.497 e. The highest BCUT2D eigenvalue weighted by molar-refractivity contribution is 5.78. The molecule has 0 atom stereocenters. The highest BCUT2D eigenvalue weighted by Crippen LogP contribution is 2.24. The number of aldehydes is 1. The van der Waals surface area contributed by atoms with Crippen molar-refractivity contribution in [2.24, 2.45) is 0 Å². The average molecular weight is 337 g/mol. The molecule has 0 N–H and O–H groups in total. The lowest BCUT2D eigenvalue weighted by atomic mass is 10.1. The van der Waals surface area contributed by atoms with E-state index in [-0.39, 0.29) is 0 Å². The number of aromatic nitrogens is 3. The minimum atomic E-state index is 0.520. The Morgan fingerprint density at radius 2 is 1.88 bits per heavy atom. The van der Waals surface area contributed by atoms with E-state index in [2.05, 4.69) is 10.1 Å². The highest BCUT2D eigenvalue weighted by atomic mass is 16.5. The number of methoxy groups -OCH3 is 2. The molecule has 0 amide bonds. The van der Waals surface area contributed by atoms with Crippen molar-refractivity contribution in [1.29, 1.82) is 0 Å². The van der Waals surface area contributed by atoms with Gasteiger partial charge in [0.25, 0.3) is 0 Å². The molecule has 3 aromatic rings. The van der Waals surface area contributed by atoms with Crippen LogP contribution in [0.1, 0.15) is 10.4 Å². The summed E-state index contributed by atoms with van der Waals surface area (Å²) in [6.07, 6.45) is 0.823. The molecule has 0 radical (unpaired) electrons. The molecule has 3 rings (SSSR count). The Hall–Kier alpha value is -2.99. The summed E-state index contributed by atoms with van der Waals surface area (Å²) < 4.78 is 12.2. The van der Waals surface area contributed by atoms with Crippen molar-refractivity contribution in [2.75, 3.05) is 20.8 Å². The van der Waals surface area contributed by atoms with Gasteiger partial charge in [-0.3, -0.25) is 4.79 Å². The van der Waals surface area contributed by atoms with Crippen molar-refractivity contribution in [3.8, 4) is 28.5 Å². The molecule has 6 nitrogen and oxygen atoms in total. The van der Waals surface area contributed by atoms with E-state index < -0.39 is 0 Å². The highest BCUT2D eigenvalue weighted by Gasteiger charge is 2.14. The Bertz CT molecular complexity index is 857. The van der Waals surface area contributed by atoms with Gasteiger partial charge >= 0.3 is 0 Å². The molecule has 1 heterocycles. The number of carbonyl (C=O) groups is 1. The molecular weight excluding hydrogens is 318 g/mol. The van der Waals surface area contributed by atoms with Crippen LogP contribution in [0.3, 0.4) is 0 Å². The lowest BCUT2D eigenvalue weighted by Crippen LogP contribution is -2.07. The zero-order chi connectivity index (χ0) is 17.6. The van der Waals surface area contributed by atoms with Crippen LogP contribution in [-0.4, -0.2) is 41.9 Å².